The highest BCUT2D eigenvalue weighted by molar-refractivity contribution is 6.05. The Morgan fingerprint density at radius 3 is 2.82 bits per heavy atom. The van der Waals surface area contributed by atoms with Crippen LogP contribution in [0.25, 0.3) is 10.9 Å². The van der Waals surface area contributed by atoms with E-state index in [0.29, 0.717) is 16.8 Å². The Balaban J connectivity index is 1.84. The van der Waals surface area contributed by atoms with Gasteiger partial charge in [-0.3, -0.25) is 20.0 Å². The van der Waals surface area contributed by atoms with E-state index in [1.807, 2.05) is 6.07 Å². The summed E-state index contributed by atoms with van der Waals surface area (Å²) in [4.78, 5) is 22.5. The van der Waals surface area contributed by atoms with Gasteiger partial charge in [-0.05, 0) is 37.3 Å². The van der Waals surface area contributed by atoms with Crippen LogP contribution in [0.3, 0.4) is 0 Å². The Labute approximate surface area is 125 Å². The van der Waals surface area contributed by atoms with Crippen LogP contribution < -0.4 is 5.32 Å². The number of amides is 1. The molecule has 0 fully saturated rings. The Morgan fingerprint density at radius 2 is 2.09 bits per heavy atom. The summed E-state index contributed by atoms with van der Waals surface area (Å²) in [6, 6.07) is 9.66. The van der Waals surface area contributed by atoms with E-state index >= 15 is 0 Å². The molecule has 0 atom stereocenters. The molecular formula is C15H12N4O3. The van der Waals surface area contributed by atoms with E-state index in [-0.39, 0.29) is 11.6 Å². The second-order valence-electron chi connectivity index (χ2n) is 4.88. The van der Waals surface area contributed by atoms with Gasteiger partial charge in [0.05, 0.1) is 16.6 Å². The number of aryl methyl sites for hydroxylation is 1. The SMILES string of the molecule is Cc1cc(C(=O)Nc2ccc3[nH]ncc3c2)ccc1[N+](=O)[O-]. The van der Waals surface area contributed by atoms with Gasteiger partial charge in [0, 0.05) is 28.3 Å². The average Bonchev–Trinajstić information content (AvgIpc) is 2.94. The maximum atomic E-state index is 12.2. The molecular weight excluding hydrogens is 284 g/mol. The van der Waals surface area contributed by atoms with Crippen LogP contribution in [-0.2, 0) is 0 Å². The lowest BCUT2D eigenvalue weighted by Crippen LogP contribution is -2.12. The molecule has 0 aliphatic heterocycles. The Hall–Kier alpha value is -3.22. The number of hydrogen-bond donors (Lipinski definition) is 2. The van der Waals surface area contributed by atoms with Gasteiger partial charge in [0.25, 0.3) is 11.6 Å². The number of nitrogens with one attached hydrogen (secondary N) is 2. The molecule has 3 rings (SSSR count). The van der Waals surface area contributed by atoms with Crippen LogP contribution in [0, 0.1) is 17.0 Å². The largest absolute Gasteiger partial charge is 0.322 e. The number of fused-ring (bicyclic) bond motifs is 1. The fourth-order valence-electron chi connectivity index (χ4n) is 2.23. The average molecular weight is 296 g/mol. The van der Waals surface area contributed by atoms with E-state index in [9.17, 15) is 14.9 Å². The second kappa shape index (κ2) is 5.28. The topological polar surface area (TPSA) is 101 Å². The molecule has 7 nitrogen and oxygen atoms in total. The number of nitro groups is 1. The van der Waals surface area contributed by atoms with Crippen molar-refractivity contribution in [3.05, 3.63) is 63.8 Å². The molecule has 110 valence electrons. The summed E-state index contributed by atoms with van der Waals surface area (Å²) < 4.78 is 0. The van der Waals surface area contributed by atoms with Gasteiger partial charge < -0.3 is 5.32 Å². The van der Waals surface area contributed by atoms with E-state index < -0.39 is 4.92 Å². The summed E-state index contributed by atoms with van der Waals surface area (Å²) in [5.74, 6) is -0.319. The van der Waals surface area contributed by atoms with Crippen molar-refractivity contribution in [1.29, 1.82) is 0 Å². The predicted molar refractivity (Wildman–Crippen MR) is 81.9 cm³/mol. The lowest BCUT2D eigenvalue weighted by molar-refractivity contribution is -0.385. The highest BCUT2D eigenvalue weighted by atomic mass is 16.6. The van der Waals surface area contributed by atoms with Crippen molar-refractivity contribution in [3.63, 3.8) is 0 Å². The molecule has 0 spiro atoms. The standard InChI is InChI=1S/C15H12N4O3/c1-9-6-10(2-5-14(9)19(21)22)15(20)17-12-3-4-13-11(7-12)8-16-18-13/h2-8H,1H3,(H,16,18)(H,17,20). The summed E-state index contributed by atoms with van der Waals surface area (Å²) in [5.41, 5.74) is 2.33. The fourth-order valence-corrected chi connectivity index (χ4v) is 2.23. The van der Waals surface area contributed by atoms with Crippen LogP contribution in [-0.4, -0.2) is 21.0 Å². The first-order valence-corrected chi connectivity index (χ1v) is 6.54. The monoisotopic (exact) mass is 296 g/mol. The van der Waals surface area contributed by atoms with Crippen molar-refractivity contribution >= 4 is 28.2 Å². The zero-order valence-electron chi connectivity index (χ0n) is 11.7. The first kappa shape index (κ1) is 13.7. The molecule has 0 saturated carbocycles. The normalized spacial score (nSPS) is 10.6. The van der Waals surface area contributed by atoms with Crippen molar-refractivity contribution in [3.8, 4) is 0 Å². The number of hydrogen-bond acceptors (Lipinski definition) is 4. The van der Waals surface area contributed by atoms with Gasteiger partial charge in [-0.25, -0.2) is 0 Å². The van der Waals surface area contributed by atoms with Crippen LogP contribution in [0.2, 0.25) is 0 Å². The molecule has 2 N–H and O–H groups in total. The van der Waals surface area contributed by atoms with Crippen molar-refractivity contribution in [2.45, 2.75) is 6.92 Å². The van der Waals surface area contributed by atoms with Crippen LogP contribution in [0.1, 0.15) is 15.9 Å². The molecule has 1 heterocycles. The quantitative estimate of drug-likeness (QED) is 0.573. The maximum absolute atomic E-state index is 12.2. The van der Waals surface area contributed by atoms with Gasteiger partial charge in [-0.15, -0.1) is 0 Å². The maximum Gasteiger partial charge on any atom is 0.272 e. The number of benzene rings is 2. The van der Waals surface area contributed by atoms with Crippen LogP contribution in [0.4, 0.5) is 11.4 Å². The molecule has 7 heteroatoms. The van der Waals surface area contributed by atoms with Crippen LogP contribution in [0.15, 0.2) is 42.6 Å². The Bertz CT molecular complexity index is 885. The molecule has 0 radical (unpaired) electrons. The number of nitro benzene ring substituents is 1. The predicted octanol–water partition coefficient (Wildman–Crippen LogP) is 3.03. The number of aromatic amines is 1. The number of carbonyl (C=O) groups is 1. The van der Waals surface area contributed by atoms with Crippen molar-refractivity contribution in [1.82, 2.24) is 10.2 Å². The van der Waals surface area contributed by atoms with Crippen molar-refractivity contribution in [2.75, 3.05) is 5.32 Å². The van der Waals surface area contributed by atoms with Gasteiger partial charge in [-0.1, -0.05) is 0 Å². The number of anilines is 1. The first-order chi connectivity index (χ1) is 10.5. The smallest absolute Gasteiger partial charge is 0.272 e. The zero-order valence-corrected chi connectivity index (χ0v) is 11.7. The number of H-pyrrole nitrogens is 1. The minimum atomic E-state index is -0.468. The summed E-state index contributed by atoms with van der Waals surface area (Å²) in [5, 5.41) is 21.2. The van der Waals surface area contributed by atoms with Gasteiger partial charge in [0.15, 0.2) is 0 Å². The number of aromatic nitrogens is 2. The Kier molecular flexibility index (Phi) is 3.30. The Morgan fingerprint density at radius 1 is 1.27 bits per heavy atom. The van der Waals surface area contributed by atoms with Crippen molar-refractivity contribution < 1.29 is 9.72 Å². The minimum Gasteiger partial charge on any atom is -0.322 e. The van der Waals surface area contributed by atoms with E-state index in [4.69, 9.17) is 0 Å². The van der Waals surface area contributed by atoms with Gasteiger partial charge in [0.1, 0.15) is 0 Å². The molecule has 0 bridgehead atoms. The lowest BCUT2D eigenvalue weighted by atomic mass is 10.1. The summed E-state index contributed by atoms with van der Waals surface area (Å²) in [7, 11) is 0. The number of rotatable bonds is 3. The third-order valence-corrected chi connectivity index (χ3v) is 3.35. The third-order valence-electron chi connectivity index (χ3n) is 3.35. The molecule has 1 aromatic heterocycles. The van der Waals surface area contributed by atoms with Gasteiger partial charge in [-0.2, -0.15) is 5.10 Å². The minimum absolute atomic E-state index is 0.00336. The number of carbonyl (C=O) groups excluding carboxylic acids is 1. The molecule has 0 aliphatic rings. The lowest BCUT2D eigenvalue weighted by Gasteiger charge is -2.06. The molecule has 0 saturated heterocycles. The molecule has 3 aromatic rings. The molecule has 2 aromatic carbocycles. The second-order valence-corrected chi connectivity index (χ2v) is 4.88. The summed E-state index contributed by atoms with van der Waals surface area (Å²) in [6.45, 7) is 1.60. The number of nitrogens with zero attached hydrogens (tertiary/aromatic N) is 2. The van der Waals surface area contributed by atoms with Gasteiger partial charge in [0.2, 0.25) is 0 Å². The van der Waals surface area contributed by atoms with Crippen molar-refractivity contribution in [2.24, 2.45) is 0 Å². The van der Waals surface area contributed by atoms with E-state index in [2.05, 4.69) is 15.5 Å². The van der Waals surface area contributed by atoms with E-state index in [1.54, 1.807) is 25.3 Å². The first-order valence-electron chi connectivity index (χ1n) is 6.54. The molecule has 0 unspecified atom stereocenters. The van der Waals surface area contributed by atoms with Crippen LogP contribution >= 0.6 is 0 Å². The third kappa shape index (κ3) is 2.51. The van der Waals surface area contributed by atoms with E-state index in [0.717, 1.165) is 10.9 Å². The zero-order chi connectivity index (χ0) is 15.7. The highest BCUT2D eigenvalue weighted by Gasteiger charge is 2.14. The van der Waals surface area contributed by atoms with Crippen LogP contribution in [0.5, 0.6) is 0 Å². The van der Waals surface area contributed by atoms with E-state index in [1.165, 1.54) is 18.2 Å². The molecule has 0 aliphatic carbocycles. The summed E-state index contributed by atoms with van der Waals surface area (Å²) in [6.07, 6.45) is 1.67. The van der Waals surface area contributed by atoms with Gasteiger partial charge >= 0.3 is 0 Å². The molecule has 1 amide bonds. The molecule has 22 heavy (non-hydrogen) atoms. The fraction of sp³-hybridized carbons (Fsp3) is 0.0667. The highest BCUT2D eigenvalue weighted by Crippen LogP contribution is 2.21. The summed E-state index contributed by atoms with van der Waals surface area (Å²) >= 11 is 0.